The molecule has 2 nitrogen and oxygen atoms in total. The van der Waals surface area contributed by atoms with E-state index in [1.165, 1.54) is 45.2 Å². The highest BCUT2D eigenvalue weighted by Gasteiger charge is 2.23. The first-order valence-corrected chi connectivity index (χ1v) is 13.2. The second-order valence-electron chi connectivity index (χ2n) is 9.90. The van der Waals surface area contributed by atoms with Gasteiger partial charge in [0.05, 0.1) is 5.71 Å². The van der Waals surface area contributed by atoms with E-state index >= 15 is 0 Å². The Morgan fingerprint density at radius 2 is 1.00 bits per heavy atom. The Labute approximate surface area is 212 Å². The monoisotopic (exact) mass is 466 g/mol. The minimum Gasteiger partial charge on any atom is -0.307 e. The summed E-state index contributed by atoms with van der Waals surface area (Å²) in [6.07, 6.45) is 5.26. The zero-order chi connectivity index (χ0) is 25.7. The molecule has 0 bridgehead atoms. The fraction of sp³-hybridized carbons (Fsp3) is 0.394. The van der Waals surface area contributed by atoms with Crippen LogP contribution in [0.2, 0.25) is 0 Å². The maximum absolute atomic E-state index is 8.81. The predicted molar refractivity (Wildman–Crippen MR) is 152 cm³/mol. The summed E-state index contributed by atoms with van der Waals surface area (Å²) < 4.78 is 0. The van der Waals surface area contributed by atoms with Gasteiger partial charge in [0, 0.05) is 23.6 Å². The van der Waals surface area contributed by atoms with Gasteiger partial charge in [-0.2, -0.15) is 0 Å². The third-order valence-corrected chi connectivity index (χ3v) is 7.47. The van der Waals surface area contributed by atoms with Gasteiger partial charge in [0.25, 0.3) is 0 Å². The minimum atomic E-state index is 0.140. The number of benzene rings is 3. The second-order valence-corrected chi connectivity index (χ2v) is 9.90. The molecule has 184 valence electrons. The first-order chi connectivity index (χ1) is 16.8. The van der Waals surface area contributed by atoms with Crippen LogP contribution in [0.4, 0.5) is 0 Å². The van der Waals surface area contributed by atoms with Crippen molar-refractivity contribution in [2.24, 2.45) is 0 Å². The lowest BCUT2D eigenvalue weighted by atomic mass is 9.79. The van der Waals surface area contributed by atoms with Crippen molar-refractivity contribution in [2.45, 2.75) is 86.0 Å². The van der Waals surface area contributed by atoms with Gasteiger partial charge >= 0.3 is 0 Å². The highest BCUT2D eigenvalue weighted by Crippen LogP contribution is 2.37. The van der Waals surface area contributed by atoms with Crippen molar-refractivity contribution in [3.8, 4) is 0 Å². The van der Waals surface area contributed by atoms with Crippen molar-refractivity contribution in [3.05, 3.63) is 104 Å². The third-order valence-electron chi connectivity index (χ3n) is 7.47. The second kappa shape index (κ2) is 11.6. The Morgan fingerprint density at radius 1 is 0.657 bits per heavy atom. The lowest BCUT2D eigenvalue weighted by Crippen LogP contribution is -2.15. The van der Waals surface area contributed by atoms with Crippen molar-refractivity contribution in [1.29, 1.82) is 10.8 Å². The highest BCUT2D eigenvalue weighted by atomic mass is 14.5. The van der Waals surface area contributed by atoms with Crippen LogP contribution < -0.4 is 0 Å². The topological polar surface area (TPSA) is 47.7 Å². The van der Waals surface area contributed by atoms with E-state index in [1.54, 1.807) is 0 Å². The van der Waals surface area contributed by atoms with E-state index in [4.69, 9.17) is 10.8 Å². The highest BCUT2D eigenvalue weighted by molar-refractivity contribution is 6.36. The summed E-state index contributed by atoms with van der Waals surface area (Å²) in [6, 6.07) is 18.4. The Kier molecular flexibility index (Phi) is 8.83. The van der Waals surface area contributed by atoms with Gasteiger partial charge < -0.3 is 5.41 Å². The van der Waals surface area contributed by atoms with E-state index in [0.717, 1.165) is 42.4 Å². The lowest BCUT2D eigenvalue weighted by Gasteiger charge is -2.25. The fourth-order valence-electron chi connectivity index (χ4n) is 5.17. The number of aryl methyl sites for hydroxylation is 5. The molecule has 0 unspecified atom stereocenters. The van der Waals surface area contributed by atoms with Gasteiger partial charge in [-0.25, -0.2) is 0 Å². The van der Waals surface area contributed by atoms with Gasteiger partial charge in [-0.3, -0.25) is 5.41 Å². The summed E-state index contributed by atoms with van der Waals surface area (Å²) in [5.74, 6) is 0.280. The zero-order valence-corrected chi connectivity index (χ0v) is 22.7. The Morgan fingerprint density at radius 3 is 1.29 bits per heavy atom. The predicted octanol–water partition coefficient (Wildman–Crippen LogP) is 8.57. The first-order valence-electron chi connectivity index (χ1n) is 13.2. The number of hydrogen-bond acceptors (Lipinski definition) is 2. The van der Waals surface area contributed by atoms with Crippen molar-refractivity contribution in [3.63, 3.8) is 0 Å². The molecule has 0 amide bonds. The fourth-order valence-corrected chi connectivity index (χ4v) is 5.17. The van der Waals surface area contributed by atoms with E-state index in [1.807, 2.05) is 0 Å². The van der Waals surface area contributed by atoms with Crippen LogP contribution in [-0.4, -0.2) is 11.9 Å². The molecule has 2 heteroatoms. The van der Waals surface area contributed by atoms with Crippen molar-refractivity contribution < 1.29 is 0 Å². The summed E-state index contributed by atoms with van der Waals surface area (Å²) in [7, 11) is 0. The molecule has 0 heterocycles. The third kappa shape index (κ3) is 5.81. The maximum Gasteiger partial charge on any atom is 0.0793 e. The van der Waals surface area contributed by atoms with Crippen LogP contribution in [0, 0.1) is 17.7 Å². The van der Waals surface area contributed by atoms with E-state index in [2.05, 4.69) is 97.0 Å². The zero-order valence-electron chi connectivity index (χ0n) is 22.7. The molecule has 0 spiro atoms. The van der Waals surface area contributed by atoms with Crippen LogP contribution in [0.5, 0.6) is 0 Å². The van der Waals surface area contributed by atoms with Crippen LogP contribution in [0.3, 0.4) is 0 Å². The molecule has 3 aromatic carbocycles. The van der Waals surface area contributed by atoms with Crippen molar-refractivity contribution >= 4 is 11.9 Å². The summed E-state index contributed by atoms with van der Waals surface area (Å²) in [4.78, 5) is 0. The normalized spacial score (nSPS) is 12.9. The van der Waals surface area contributed by atoms with Gasteiger partial charge in [0.1, 0.15) is 0 Å². The van der Waals surface area contributed by atoms with Crippen LogP contribution in [0.15, 0.2) is 48.5 Å². The molecule has 0 aliphatic carbocycles. The molecule has 2 N–H and O–H groups in total. The molecular formula is C33H42N2. The standard InChI is InChI=1S/C33H42N2/c1-8-24-14-25(9-2)17-28(16-24)22(6)30-12-21(5)13-31(33(30)32(35)20-34)23(7)29-18-26(10-3)15-27(11-4)19-29/h12-20,22-23,34-35H,8-11H2,1-7H3/t22-,23-/m1/s1. The minimum absolute atomic E-state index is 0.140. The first kappa shape index (κ1) is 26.6. The van der Waals surface area contributed by atoms with Crippen LogP contribution >= 0.6 is 0 Å². The average Bonchev–Trinajstić information content (AvgIpc) is 2.90. The van der Waals surface area contributed by atoms with Crippen molar-refractivity contribution in [2.75, 3.05) is 0 Å². The van der Waals surface area contributed by atoms with E-state index in [0.29, 0.717) is 5.71 Å². The Balaban J connectivity index is 2.23. The maximum atomic E-state index is 8.81. The van der Waals surface area contributed by atoms with Crippen LogP contribution in [-0.2, 0) is 25.7 Å². The quantitative estimate of drug-likeness (QED) is 0.281. The average molecular weight is 467 g/mol. The Bertz CT molecular complexity index is 1090. The number of rotatable bonds is 10. The Hall–Kier alpha value is -3.00. The van der Waals surface area contributed by atoms with Crippen molar-refractivity contribution in [1.82, 2.24) is 0 Å². The summed E-state index contributed by atoms with van der Waals surface area (Å²) in [5, 5.41) is 16.8. The molecule has 0 aliphatic rings. The smallest absolute Gasteiger partial charge is 0.0793 e. The van der Waals surface area contributed by atoms with Gasteiger partial charge in [-0.1, -0.05) is 95.6 Å². The number of hydrogen-bond donors (Lipinski definition) is 2. The summed E-state index contributed by atoms with van der Waals surface area (Å²) in [6.45, 7) is 15.5. The summed E-state index contributed by atoms with van der Waals surface area (Å²) >= 11 is 0. The molecule has 0 saturated carbocycles. The van der Waals surface area contributed by atoms with Crippen LogP contribution in [0.25, 0.3) is 0 Å². The molecule has 2 atom stereocenters. The molecule has 3 rings (SSSR count). The molecule has 0 aromatic heterocycles. The summed E-state index contributed by atoms with van der Waals surface area (Å²) in [5.41, 5.74) is 12.8. The number of nitrogens with one attached hydrogen (secondary N) is 2. The van der Waals surface area contributed by atoms with E-state index < -0.39 is 0 Å². The molecule has 3 aromatic rings. The van der Waals surface area contributed by atoms with Gasteiger partial charge in [-0.05, 0) is 77.1 Å². The molecule has 0 radical (unpaired) electrons. The SMILES string of the molecule is CCc1cc(CC)cc([C@@H](C)c2cc(C)cc([C@H](C)c3cc(CC)cc(CC)c3)c2C(=N)C=N)c1. The molecule has 35 heavy (non-hydrogen) atoms. The van der Waals surface area contributed by atoms with Gasteiger partial charge in [0.2, 0.25) is 0 Å². The van der Waals surface area contributed by atoms with E-state index in [9.17, 15) is 0 Å². The van der Waals surface area contributed by atoms with Crippen LogP contribution in [0.1, 0.15) is 109 Å². The molecular weight excluding hydrogens is 424 g/mol. The molecule has 0 fully saturated rings. The lowest BCUT2D eigenvalue weighted by molar-refractivity contribution is 0.868. The largest absolute Gasteiger partial charge is 0.307 e. The molecule has 0 aliphatic heterocycles. The van der Waals surface area contributed by atoms with Gasteiger partial charge in [-0.15, -0.1) is 0 Å². The van der Waals surface area contributed by atoms with Gasteiger partial charge in [0.15, 0.2) is 0 Å². The molecule has 0 saturated heterocycles. The van der Waals surface area contributed by atoms with E-state index in [-0.39, 0.29) is 11.8 Å².